The molecule has 0 aromatic carbocycles. The fourth-order valence-electron chi connectivity index (χ4n) is 2.83. The highest BCUT2D eigenvalue weighted by molar-refractivity contribution is 5.76. The van der Waals surface area contributed by atoms with E-state index in [1.165, 1.54) is 0 Å². The van der Waals surface area contributed by atoms with Gasteiger partial charge in [-0.1, -0.05) is 20.3 Å². The molecule has 2 atom stereocenters. The van der Waals surface area contributed by atoms with Crippen LogP contribution in [0.3, 0.4) is 0 Å². The van der Waals surface area contributed by atoms with Crippen molar-refractivity contribution in [3.8, 4) is 0 Å². The number of aromatic nitrogens is 3. The molecule has 1 aromatic rings. The van der Waals surface area contributed by atoms with Crippen molar-refractivity contribution in [1.82, 2.24) is 20.1 Å². The van der Waals surface area contributed by atoms with E-state index < -0.39 is 0 Å². The van der Waals surface area contributed by atoms with Gasteiger partial charge in [-0.2, -0.15) is 0 Å². The van der Waals surface area contributed by atoms with Crippen LogP contribution in [0.5, 0.6) is 0 Å². The van der Waals surface area contributed by atoms with E-state index in [-0.39, 0.29) is 11.9 Å². The summed E-state index contributed by atoms with van der Waals surface area (Å²) in [5, 5.41) is 11.0. The highest BCUT2D eigenvalue weighted by Gasteiger charge is 2.25. The maximum atomic E-state index is 11.9. The van der Waals surface area contributed by atoms with Crippen molar-refractivity contribution in [2.45, 2.75) is 58.0 Å². The highest BCUT2D eigenvalue weighted by atomic mass is 16.1. The molecule has 1 saturated carbocycles. The molecule has 0 radical (unpaired) electrons. The van der Waals surface area contributed by atoms with Gasteiger partial charge in [0.1, 0.15) is 12.2 Å². The van der Waals surface area contributed by atoms with Crippen molar-refractivity contribution < 1.29 is 4.79 Å². The van der Waals surface area contributed by atoms with Crippen molar-refractivity contribution in [1.29, 1.82) is 0 Å². The van der Waals surface area contributed by atoms with E-state index in [9.17, 15) is 4.79 Å². The van der Waals surface area contributed by atoms with Crippen LogP contribution in [0, 0.1) is 5.92 Å². The molecule has 1 heterocycles. The smallest absolute Gasteiger partial charge is 0.220 e. The number of amides is 1. The maximum Gasteiger partial charge on any atom is 0.220 e. The minimum Gasteiger partial charge on any atom is -0.354 e. The zero-order valence-electron chi connectivity index (χ0n) is 12.4. The molecular formula is C14H25N5O. The van der Waals surface area contributed by atoms with Crippen LogP contribution >= 0.6 is 0 Å². The van der Waals surface area contributed by atoms with Gasteiger partial charge in [0, 0.05) is 31.5 Å². The lowest BCUT2D eigenvalue weighted by atomic mass is 10.00. The van der Waals surface area contributed by atoms with Gasteiger partial charge >= 0.3 is 0 Å². The second-order valence-electron chi connectivity index (χ2n) is 5.95. The Morgan fingerprint density at radius 3 is 3.00 bits per heavy atom. The minimum absolute atomic E-state index is 0.103. The standard InChI is InChI=1S/C14H25N5O/c1-10(2)14-18-17-9-19(14)7-6-16-13(20)8-11-4-3-5-12(11)15/h9-12H,3-8,15H2,1-2H3,(H,16,20)/t11-,12+/m0/s1. The van der Waals surface area contributed by atoms with Crippen LogP contribution in [0.2, 0.25) is 0 Å². The Morgan fingerprint density at radius 2 is 2.35 bits per heavy atom. The van der Waals surface area contributed by atoms with Gasteiger partial charge in [-0.25, -0.2) is 0 Å². The Hall–Kier alpha value is -1.43. The molecule has 3 N–H and O–H groups in total. The van der Waals surface area contributed by atoms with E-state index in [4.69, 9.17) is 5.73 Å². The summed E-state index contributed by atoms with van der Waals surface area (Å²) >= 11 is 0. The summed E-state index contributed by atoms with van der Waals surface area (Å²) in [6.07, 6.45) is 5.56. The van der Waals surface area contributed by atoms with Gasteiger partial charge in [0.25, 0.3) is 0 Å². The van der Waals surface area contributed by atoms with Crippen LogP contribution in [-0.4, -0.2) is 33.3 Å². The van der Waals surface area contributed by atoms with Gasteiger partial charge in [-0.3, -0.25) is 4.79 Å². The van der Waals surface area contributed by atoms with Crippen molar-refractivity contribution in [3.05, 3.63) is 12.2 Å². The van der Waals surface area contributed by atoms with Gasteiger partial charge in [0.15, 0.2) is 0 Å². The zero-order valence-corrected chi connectivity index (χ0v) is 12.4. The number of nitrogens with one attached hydrogen (secondary N) is 1. The first-order valence-corrected chi connectivity index (χ1v) is 7.48. The molecule has 2 rings (SSSR count). The van der Waals surface area contributed by atoms with Crippen molar-refractivity contribution >= 4 is 5.91 Å². The summed E-state index contributed by atoms with van der Waals surface area (Å²) in [6.45, 7) is 5.49. The Balaban J connectivity index is 1.72. The van der Waals surface area contributed by atoms with E-state index >= 15 is 0 Å². The average molecular weight is 279 g/mol. The van der Waals surface area contributed by atoms with Crippen LogP contribution in [0.1, 0.15) is 51.3 Å². The van der Waals surface area contributed by atoms with Crippen LogP contribution in [0.15, 0.2) is 6.33 Å². The van der Waals surface area contributed by atoms with Crippen LogP contribution in [-0.2, 0) is 11.3 Å². The number of carbonyl (C=O) groups is 1. The summed E-state index contributed by atoms with van der Waals surface area (Å²) in [5.41, 5.74) is 5.99. The van der Waals surface area contributed by atoms with Crippen LogP contribution < -0.4 is 11.1 Å². The van der Waals surface area contributed by atoms with Gasteiger partial charge in [0.05, 0.1) is 0 Å². The summed E-state index contributed by atoms with van der Waals surface area (Å²) < 4.78 is 1.99. The zero-order chi connectivity index (χ0) is 14.5. The molecule has 1 aromatic heterocycles. The van der Waals surface area contributed by atoms with E-state index in [2.05, 4.69) is 29.4 Å². The van der Waals surface area contributed by atoms with E-state index in [0.29, 0.717) is 31.3 Å². The minimum atomic E-state index is 0.103. The number of rotatable bonds is 6. The van der Waals surface area contributed by atoms with E-state index in [1.807, 2.05) is 4.57 Å². The predicted molar refractivity (Wildman–Crippen MR) is 77.1 cm³/mol. The highest BCUT2D eigenvalue weighted by Crippen LogP contribution is 2.26. The Labute approximate surface area is 120 Å². The molecule has 0 unspecified atom stereocenters. The number of hydrogen-bond donors (Lipinski definition) is 2. The average Bonchev–Trinajstić information content (AvgIpc) is 2.99. The van der Waals surface area contributed by atoms with Gasteiger partial charge in [-0.05, 0) is 18.8 Å². The lowest BCUT2D eigenvalue weighted by Gasteiger charge is -2.15. The molecule has 6 heteroatoms. The fourth-order valence-corrected chi connectivity index (χ4v) is 2.83. The number of hydrogen-bond acceptors (Lipinski definition) is 4. The molecule has 1 aliphatic rings. The molecule has 1 amide bonds. The SMILES string of the molecule is CC(C)c1nncn1CCNC(=O)C[C@@H]1CCC[C@H]1N. The molecule has 6 nitrogen and oxygen atoms in total. The molecule has 20 heavy (non-hydrogen) atoms. The molecule has 1 fully saturated rings. The third kappa shape index (κ3) is 3.79. The second kappa shape index (κ2) is 6.83. The molecule has 112 valence electrons. The van der Waals surface area contributed by atoms with Crippen molar-refractivity contribution in [3.63, 3.8) is 0 Å². The second-order valence-corrected chi connectivity index (χ2v) is 5.95. The largest absolute Gasteiger partial charge is 0.354 e. The normalized spacial score (nSPS) is 22.4. The van der Waals surface area contributed by atoms with Crippen LogP contribution in [0.4, 0.5) is 0 Å². The molecule has 0 aliphatic heterocycles. The number of nitrogens with two attached hydrogens (primary N) is 1. The summed E-state index contributed by atoms with van der Waals surface area (Å²) in [4.78, 5) is 11.9. The third-order valence-corrected chi connectivity index (χ3v) is 4.00. The monoisotopic (exact) mass is 279 g/mol. The molecule has 0 spiro atoms. The van der Waals surface area contributed by atoms with Crippen molar-refractivity contribution in [2.75, 3.05) is 6.54 Å². The quantitative estimate of drug-likeness (QED) is 0.814. The summed E-state index contributed by atoms with van der Waals surface area (Å²) in [7, 11) is 0. The molecule has 0 bridgehead atoms. The fraction of sp³-hybridized carbons (Fsp3) is 0.786. The van der Waals surface area contributed by atoms with Gasteiger partial charge < -0.3 is 15.6 Å². The first-order chi connectivity index (χ1) is 9.58. The first-order valence-electron chi connectivity index (χ1n) is 7.48. The van der Waals surface area contributed by atoms with Gasteiger partial charge in [-0.15, -0.1) is 10.2 Å². The van der Waals surface area contributed by atoms with Crippen molar-refractivity contribution in [2.24, 2.45) is 11.7 Å². The van der Waals surface area contributed by atoms with E-state index in [1.54, 1.807) is 6.33 Å². The lowest BCUT2D eigenvalue weighted by Crippen LogP contribution is -2.33. The molecule has 1 aliphatic carbocycles. The Morgan fingerprint density at radius 1 is 1.55 bits per heavy atom. The van der Waals surface area contributed by atoms with Gasteiger partial charge in [0.2, 0.25) is 5.91 Å². The number of carbonyl (C=O) groups excluding carboxylic acids is 1. The summed E-state index contributed by atoms with van der Waals surface area (Å²) in [6, 6.07) is 0.200. The third-order valence-electron chi connectivity index (χ3n) is 4.00. The maximum absolute atomic E-state index is 11.9. The summed E-state index contributed by atoms with van der Waals surface area (Å²) in [5.74, 6) is 1.75. The Bertz CT molecular complexity index is 443. The number of nitrogens with zero attached hydrogens (tertiary/aromatic N) is 3. The topological polar surface area (TPSA) is 85.8 Å². The molecular weight excluding hydrogens is 254 g/mol. The Kier molecular flexibility index (Phi) is 5.11. The lowest BCUT2D eigenvalue weighted by molar-refractivity contribution is -0.122. The molecule has 0 saturated heterocycles. The first kappa shape index (κ1) is 15.0. The van der Waals surface area contributed by atoms with E-state index in [0.717, 1.165) is 25.1 Å². The van der Waals surface area contributed by atoms with Crippen LogP contribution in [0.25, 0.3) is 0 Å². The predicted octanol–water partition coefficient (Wildman–Crippen LogP) is 1.04.